The fourth-order valence-electron chi connectivity index (χ4n) is 4.25. The average Bonchev–Trinajstić information content (AvgIpc) is 3.60. The van der Waals surface area contributed by atoms with Gasteiger partial charge in [0.2, 0.25) is 0 Å². The zero-order chi connectivity index (χ0) is 22.7. The van der Waals surface area contributed by atoms with E-state index in [0.717, 1.165) is 11.3 Å². The van der Waals surface area contributed by atoms with Crippen LogP contribution in [0, 0.1) is 5.92 Å². The van der Waals surface area contributed by atoms with E-state index in [-0.39, 0.29) is 18.7 Å². The maximum absolute atomic E-state index is 13.4. The highest BCUT2D eigenvalue weighted by Gasteiger charge is 2.48. The lowest BCUT2D eigenvalue weighted by molar-refractivity contribution is -0.145. The number of aliphatic carboxylic acids is 1. The standard InChI is InChI=1S/C23H28N2O7/c26-18-11-23(7-9-31-10-8-23)25(22(30)20(18)21(29)24-12-19(27)28)13-15-3-5-17(6-4-15)32-14-16-1-2-16/h3-6,16,26H,1-2,7-14H2,(H,24,29)(H,27,28). The number of rotatable bonds is 8. The molecule has 3 N–H and O–H groups in total. The third-order valence-electron chi connectivity index (χ3n) is 6.31. The van der Waals surface area contributed by atoms with Crippen molar-refractivity contribution < 1.29 is 34.1 Å². The van der Waals surface area contributed by atoms with Crippen LogP contribution in [0.4, 0.5) is 0 Å². The average molecular weight is 444 g/mol. The van der Waals surface area contributed by atoms with E-state index in [0.29, 0.717) is 38.6 Å². The van der Waals surface area contributed by atoms with Crippen LogP contribution in [0.5, 0.6) is 5.75 Å². The van der Waals surface area contributed by atoms with Crippen molar-refractivity contribution in [1.29, 1.82) is 0 Å². The molecule has 2 amide bonds. The van der Waals surface area contributed by atoms with Crippen LogP contribution in [0.1, 0.15) is 37.7 Å². The van der Waals surface area contributed by atoms with E-state index >= 15 is 0 Å². The molecule has 2 fully saturated rings. The number of nitrogens with zero attached hydrogens (tertiary/aromatic N) is 1. The van der Waals surface area contributed by atoms with Crippen LogP contribution in [0.15, 0.2) is 35.6 Å². The van der Waals surface area contributed by atoms with Gasteiger partial charge in [0.15, 0.2) is 0 Å². The van der Waals surface area contributed by atoms with Crippen LogP contribution in [-0.4, -0.2) is 64.8 Å². The van der Waals surface area contributed by atoms with Crippen LogP contribution in [0.2, 0.25) is 0 Å². The molecule has 1 saturated carbocycles. The van der Waals surface area contributed by atoms with Gasteiger partial charge >= 0.3 is 5.97 Å². The van der Waals surface area contributed by atoms with Crippen LogP contribution in [-0.2, 0) is 25.7 Å². The maximum atomic E-state index is 13.4. The van der Waals surface area contributed by atoms with E-state index in [1.54, 1.807) is 4.90 Å². The van der Waals surface area contributed by atoms with Gasteiger partial charge in [-0.3, -0.25) is 14.4 Å². The normalized spacial score (nSPS) is 20.4. The molecule has 9 heteroatoms. The molecule has 1 saturated heterocycles. The van der Waals surface area contributed by atoms with Crippen molar-refractivity contribution in [1.82, 2.24) is 10.2 Å². The van der Waals surface area contributed by atoms with Crippen molar-refractivity contribution in [3.05, 3.63) is 41.2 Å². The Morgan fingerprint density at radius 1 is 1.19 bits per heavy atom. The molecule has 32 heavy (non-hydrogen) atoms. The Morgan fingerprint density at radius 2 is 1.88 bits per heavy atom. The SMILES string of the molecule is O=C(O)CNC(=O)C1=C(O)CC2(CCOCC2)N(Cc2ccc(OCC3CC3)cc2)C1=O. The van der Waals surface area contributed by atoms with Gasteiger partial charge in [-0.2, -0.15) is 0 Å². The number of ether oxygens (including phenoxy) is 2. The molecule has 1 aliphatic carbocycles. The first-order chi connectivity index (χ1) is 15.4. The maximum Gasteiger partial charge on any atom is 0.322 e. The fraction of sp³-hybridized carbons (Fsp3) is 0.522. The second-order valence-electron chi connectivity index (χ2n) is 8.70. The van der Waals surface area contributed by atoms with Crippen molar-refractivity contribution >= 4 is 17.8 Å². The third kappa shape index (κ3) is 4.88. The van der Waals surface area contributed by atoms with E-state index in [1.165, 1.54) is 12.8 Å². The van der Waals surface area contributed by atoms with E-state index in [9.17, 15) is 19.5 Å². The third-order valence-corrected chi connectivity index (χ3v) is 6.31. The topological polar surface area (TPSA) is 125 Å². The summed E-state index contributed by atoms with van der Waals surface area (Å²) in [5, 5.41) is 21.6. The van der Waals surface area contributed by atoms with Crippen molar-refractivity contribution in [3.63, 3.8) is 0 Å². The Balaban J connectivity index is 1.54. The predicted molar refractivity (Wildman–Crippen MR) is 113 cm³/mol. The predicted octanol–water partition coefficient (Wildman–Crippen LogP) is 1.77. The molecule has 172 valence electrons. The molecule has 1 aromatic carbocycles. The molecular weight excluding hydrogens is 416 g/mol. The van der Waals surface area contributed by atoms with Gasteiger partial charge in [-0.1, -0.05) is 12.1 Å². The number of nitrogens with one attached hydrogen (secondary N) is 1. The highest BCUT2D eigenvalue weighted by atomic mass is 16.5. The van der Waals surface area contributed by atoms with Crippen molar-refractivity contribution in [2.45, 2.75) is 44.2 Å². The molecule has 0 aromatic heterocycles. The van der Waals surface area contributed by atoms with Gasteiger partial charge in [0.05, 0.1) is 12.1 Å². The molecule has 2 aliphatic heterocycles. The lowest BCUT2D eigenvalue weighted by Crippen LogP contribution is -2.58. The molecule has 1 spiro atoms. The molecule has 4 rings (SSSR count). The van der Waals surface area contributed by atoms with Crippen molar-refractivity contribution in [2.75, 3.05) is 26.4 Å². The molecule has 0 radical (unpaired) electrons. The Morgan fingerprint density at radius 3 is 2.50 bits per heavy atom. The first kappa shape index (κ1) is 22.1. The van der Waals surface area contributed by atoms with Crippen LogP contribution < -0.4 is 10.1 Å². The number of carboxylic acid groups (broad SMARTS) is 1. The van der Waals surface area contributed by atoms with Gasteiger partial charge in [-0.05, 0) is 49.3 Å². The number of benzene rings is 1. The lowest BCUT2D eigenvalue weighted by atomic mass is 9.79. The number of hydrogen-bond acceptors (Lipinski definition) is 6. The minimum absolute atomic E-state index is 0.126. The number of hydrogen-bond donors (Lipinski definition) is 3. The fourth-order valence-corrected chi connectivity index (χ4v) is 4.25. The highest BCUT2D eigenvalue weighted by Crippen LogP contribution is 2.40. The summed E-state index contributed by atoms with van der Waals surface area (Å²) in [7, 11) is 0. The number of carbonyl (C=O) groups is 3. The smallest absolute Gasteiger partial charge is 0.322 e. The zero-order valence-corrected chi connectivity index (χ0v) is 17.8. The summed E-state index contributed by atoms with van der Waals surface area (Å²) in [6, 6.07) is 7.53. The largest absolute Gasteiger partial charge is 0.511 e. The molecule has 3 aliphatic rings. The molecule has 0 bridgehead atoms. The number of aliphatic hydroxyl groups is 1. The Bertz CT molecular complexity index is 915. The number of carboxylic acids is 1. The summed E-state index contributed by atoms with van der Waals surface area (Å²) in [6.07, 6.45) is 3.62. The van der Waals surface area contributed by atoms with E-state index in [4.69, 9.17) is 14.6 Å². The number of amides is 2. The van der Waals surface area contributed by atoms with Crippen LogP contribution in [0.3, 0.4) is 0 Å². The van der Waals surface area contributed by atoms with Gasteiger partial charge in [-0.15, -0.1) is 0 Å². The molecule has 0 unspecified atom stereocenters. The van der Waals surface area contributed by atoms with Crippen LogP contribution >= 0.6 is 0 Å². The Kier molecular flexibility index (Phi) is 6.36. The quantitative estimate of drug-likeness (QED) is 0.522. The Labute approximate surface area is 186 Å². The monoisotopic (exact) mass is 444 g/mol. The van der Waals surface area contributed by atoms with Gasteiger partial charge in [0.1, 0.15) is 23.6 Å². The first-order valence-corrected chi connectivity index (χ1v) is 10.9. The summed E-state index contributed by atoms with van der Waals surface area (Å²) in [5.74, 6) is -1.60. The summed E-state index contributed by atoms with van der Waals surface area (Å²) < 4.78 is 11.3. The summed E-state index contributed by atoms with van der Waals surface area (Å²) in [6.45, 7) is 1.23. The van der Waals surface area contributed by atoms with Gasteiger partial charge in [0.25, 0.3) is 11.8 Å². The van der Waals surface area contributed by atoms with E-state index in [1.807, 2.05) is 24.3 Å². The van der Waals surface area contributed by atoms with Gasteiger partial charge < -0.3 is 29.9 Å². The molecule has 2 heterocycles. The van der Waals surface area contributed by atoms with E-state index < -0.39 is 35.4 Å². The molecular formula is C23H28N2O7. The summed E-state index contributed by atoms with van der Waals surface area (Å²) >= 11 is 0. The zero-order valence-electron chi connectivity index (χ0n) is 17.8. The minimum Gasteiger partial charge on any atom is -0.511 e. The van der Waals surface area contributed by atoms with Crippen molar-refractivity contribution in [3.8, 4) is 5.75 Å². The van der Waals surface area contributed by atoms with Crippen LogP contribution in [0.25, 0.3) is 0 Å². The molecule has 9 nitrogen and oxygen atoms in total. The molecule has 0 atom stereocenters. The van der Waals surface area contributed by atoms with Gasteiger partial charge in [0, 0.05) is 26.2 Å². The lowest BCUT2D eigenvalue weighted by Gasteiger charge is -2.49. The summed E-state index contributed by atoms with van der Waals surface area (Å²) in [5.41, 5.74) is -0.181. The first-order valence-electron chi connectivity index (χ1n) is 10.9. The number of carbonyl (C=O) groups excluding carboxylic acids is 2. The van der Waals surface area contributed by atoms with E-state index in [2.05, 4.69) is 5.32 Å². The Hall–Kier alpha value is -3.07. The highest BCUT2D eigenvalue weighted by molar-refractivity contribution is 6.19. The minimum atomic E-state index is -1.23. The van der Waals surface area contributed by atoms with Gasteiger partial charge in [-0.25, -0.2) is 0 Å². The second kappa shape index (κ2) is 9.20. The van der Waals surface area contributed by atoms with Crippen molar-refractivity contribution in [2.24, 2.45) is 5.92 Å². The number of aliphatic hydroxyl groups excluding tert-OH is 1. The molecule has 1 aromatic rings. The second-order valence-corrected chi connectivity index (χ2v) is 8.70. The summed E-state index contributed by atoms with van der Waals surface area (Å²) in [4.78, 5) is 38.3.